The maximum Gasteiger partial charge on any atom is 0.244 e. The summed E-state index contributed by atoms with van der Waals surface area (Å²) in [6.07, 6.45) is 2.58. The number of guanidine groups is 1. The molecule has 0 spiro atoms. The van der Waals surface area contributed by atoms with Crippen molar-refractivity contribution < 1.29 is 15.2 Å². The number of amides is 1. The molecule has 2 aromatic carbocycles. The highest BCUT2D eigenvalue weighted by atomic mass is 35.5. The number of carbonyl (C=O) groups excluding carboxylic acids is 1. The third-order valence-electron chi connectivity index (χ3n) is 5.04. The average molecular weight is 470 g/mol. The molecular formula is C22H24ClN7O3. The minimum absolute atomic E-state index is 0.0772. The lowest BCUT2D eigenvalue weighted by Gasteiger charge is -2.32. The van der Waals surface area contributed by atoms with Crippen LogP contribution in [0.4, 0.5) is 17.1 Å². The number of para-hydroxylation sites is 2. The van der Waals surface area contributed by atoms with Crippen LogP contribution in [0.15, 0.2) is 59.7 Å². The van der Waals surface area contributed by atoms with Crippen LogP contribution in [0.1, 0.15) is 12.8 Å². The smallest absolute Gasteiger partial charge is 0.244 e. The Labute approximate surface area is 195 Å². The van der Waals surface area contributed by atoms with Crippen LogP contribution >= 0.6 is 11.6 Å². The first-order valence-electron chi connectivity index (χ1n) is 10.5. The topological polar surface area (TPSA) is 125 Å². The number of nitrogens with one attached hydrogen (secondary N) is 3. The summed E-state index contributed by atoms with van der Waals surface area (Å²) in [5, 5.41) is 29.6. The predicted octanol–water partition coefficient (Wildman–Crippen LogP) is 3.16. The highest BCUT2D eigenvalue weighted by molar-refractivity contribution is 6.31. The molecule has 1 aliphatic rings. The number of anilines is 3. The van der Waals surface area contributed by atoms with E-state index in [1.807, 2.05) is 18.2 Å². The van der Waals surface area contributed by atoms with Crippen molar-refractivity contribution in [3.63, 3.8) is 0 Å². The number of carbonyl (C=O) groups is 1. The van der Waals surface area contributed by atoms with E-state index in [2.05, 4.69) is 26.0 Å². The summed E-state index contributed by atoms with van der Waals surface area (Å²) in [6, 6.07) is 14.2. The van der Waals surface area contributed by atoms with E-state index in [0.717, 1.165) is 26.8 Å². The van der Waals surface area contributed by atoms with Gasteiger partial charge in [0.2, 0.25) is 11.9 Å². The maximum absolute atomic E-state index is 12.1. The molecule has 1 aliphatic heterocycles. The minimum atomic E-state index is -0.0772. The van der Waals surface area contributed by atoms with Gasteiger partial charge < -0.3 is 10.6 Å². The molecule has 0 atom stereocenters. The van der Waals surface area contributed by atoms with Crippen LogP contribution in [0.25, 0.3) is 10.9 Å². The van der Waals surface area contributed by atoms with Gasteiger partial charge >= 0.3 is 0 Å². The van der Waals surface area contributed by atoms with Crippen molar-refractivity contribution in [2.45, 2.75) is 12.8 Å². The van der Waals surface area contributed by atoms with Gasteiger partial charge in [0.05, 0.1) is 5.52 Å². The Morgan fingerprint density at radius 2 is 1.94 bits per heavy atom. The van der Waals surface area contributed by atoms with Gasteiger partial charge in [-0.1, -0.05) is 23.7 Å². The second kappa shape index (κ2) is 10.3. The lowest BCUT2D eigenvalue weighted by Crippen LogP contribution is -2.52. The first kappa shape index (κ1) is 22.6. The number of benzene rings is 2. The number of nitrogens with zero attached hydrogens (tertiary/aromatic N) is 4. The third-order valence-corrected chi connectivity index (χ3v) is 5.27. The summed E-state index contributed by atoms with van der Waals surface area (Å²) < 4.78 is 0. The van der Waals surface area contributed by atoms with Crippen molar-refractivity contribution in [3.8, 4) is 0 Å². The molecular weight excluding hydrogens is 446 g/mol. The molecule has 11 heteroatoms. The van der Waals surface area contributed by atoms with Gasteiger partial charge in [-0.15, -0.1) is 0 Å². The number of hydrogen-bond donors (Lipinski definition) is 5. The number of aromatic nitrogens is 1. The van der Waals surface area contributed by atoms with Crippen LogP contribution in [0.2, 0.25) is 5.02 Å². The van der Waals surface area contributed by atoms with E-state index in [9.17, 15) is 15.2 Å². The maximum atomic E-state index is 12.1. The van der Waals surface area contributed by atoms with Gasteiger partial charge in [-0.3, -0.25) is 20.2 Å². The van der Waals surface area contributed by atoms with E-state index in [0.29, 0.717) is 48.9 Å². The van der Waals surface area contributed by atoms with Crippen LogP contribution in [-0.2, 0) is 4.79 Å². The number of hydrazine groups is 1. The number of rotatable bonds is 8. The number of pyridine rings is 1. The second-order valence-corrected chi connectivity index (χ2v) is 7.77. The number of aliphatic imine (C=N–C) groups is 1. The lowest BCUT2D eigenvalue weighted by atomic mass is 10.2. The molecule has 1 amide bonds. The molecule has 1 aromatic heterocycles. The van der Waals surface area contributed by atoms with Gasteiger partial charge in [0.15, 0.2) is 0 Å². The number of halogens is 1. The summed E-state index contributed by atoms with van der Waals surface area (Å²) in [5.74, 6) is 0.0178. The van der Waals surface area contributed by atoms with E-state index in [1.54, 1.807) is 36.5 Å². The van der Waals surface area contributed by atoms with E-state index >= 15 is 0 Å². The van der Waals surface area contributed by atoms with Crippen molar-refractivity contribution in [2.24, 2.45) is 4.99 Å². The van der Waals surface area contributed by atoms with Crippen LogP contribution in [0.5, 0.6) is 0 Å². The predicted molar refractivity (Wildman–Crippen MR) is 128 cm³/mol. The third kappa shape index (κ3) is 5.43. The fourth-order valence-electron chi connectivity index (χ4n) is 3.41. The van der Waals surface area contributed by atoms with Gasteiger partial charge in [-0.25, -0.2) is 10.4 Å². The highest BCUT2D eigenvalue weighted by Gasteiger charge is 2.25. The zero-order chi connectivity index (χ0) is 23.2. The van der Waals surface area contributed by atoms with Crippen molar-refractivity contribution in [3.05, 3.63) is 59.8 Å². The Morgan fingerprint density at radius 3 is 2.79 bits per heavy atom. The number of fused-ring (bicyclic) bond motifs is 2. The van der Waals surface area contributed by atoms with Crippen LogP contribution in [0.3, 0.4) is 0 Å². The Hall–Kier alpha value is -3.60. The quantitative estimate of drug-likeness (QED) is 0.318. The molecule has 2 heterocycles. The van der Waals surface area contributed by atoms with Crippen molar-refractivity contribution in [2.75, 3.05) is 35.2 Å². The molecule has 0 bridgehead atoms. The van der Waals surface area contributed by atoms with E-state index < -0.39 is 0 Å². The van der Waals surface area contributed by atoms with Gasteiger partial charge in [-0.05, 0) is 42.8 Å². The highest BCUT2D eigenvalue weighted by Crippen LogP contribution is 2.29. The fourth-order valence-corrected chi connectivity index (χ4v) is 3.57. The Bertz CT molecular complexity index is 1170. The monoisotopic (exact) mass is 469 g/mol. The minimum Gasteiger partial charge on any atom is -0.384 e. The molecule has 0 radical (unpaired) electrons. The average Bonchev–Trinajstić information content (AvgIpc) is 2.82. The summed E-state index contributed by atoms with van der Waals surface area (Å²) in [5.41, 5.74) is 5.09. The van der Waals surface area contributed by atoms with E-state index in [4.69, 9.17) is 11.6 Å². The molecule has 33 heavy (non-hydrogen) atoms. The number of hydrogen-bond acceptors (Lipinski definition) is 7. The Balaban J connectivity index is 1.19. The molecule has 4 rings (SSSR count). The molecule has 172 valence electrons. The van der Waals surface area contributed by atoms with Gasteiger partial charge in [0.1, 0.15) is 11.4 Å². The summed E-state index contributed by atoms with van der Waals surface area (Å²) in [6.45, 7) is 1.27. The summed E-state index contributed by atoms with van der Waals surface area (Å²) in [7, 11) is 0. The molecule has 5 N–H and O–H groups in total. The van der Waals surface area contributed by atoms with Gasteiger partial charge in [-0.2, -0.15) is 10.2 Å². The zero-order valence-corrected chi connectivity index (χ0v) is 18.5. The normalized spacial score (nSPS) is 14.2. The molecule has 0 saturated heterocycles. The number of hydroxylamine groups is 1. The zero-order valence-electron chi connectivity index (χ0n) is 17.7. The second-order valence-electron chi connectivity index (χ2n) is 7.33. The van der Waals surface area contributed by atoms with E-state index in [-0.39, 0.29) is 11.9 Å². The van der Waals surface area contributed by atoms with Gasteiger partial charge in [0, 0.05) is 48.3 Å². The van der Waals surface area contributed by atoms with Crippen LogP contribution in [0, 0.1) is 0 Å². The van der Waals surface area contributed by atoms with Crippen molar-refractivity contribution in [1.82, 2.24) is 15.7 Å². The molecule has 0 saturated carbocycles. The van der Waals surface area contributed by atoms with Crippen molar-refractivity contribution >= 4 is 51.4 Å². The Kier molecular flexibility index (Phi) is 7.08. The fraction of sp³-hybridized carbons (Fsp3) is 0.227. The summed E-state index contributed by atoms with van der Waals surface area (Å²) in [4.78, 5) is 20.7. The first-order valence-corrected chi connectivity index (χ1v) is 10.8. The Morgan fingerprint density at radius 1 is 1.12 bits per heavy atom. The molecule has 3 aromatic rings. The molecule has 0 fully saturated rings. The molecule has 0 unspecified atom stereocenters. The van der Waals surface area contributed by atoms with E-state index in [1.165, 1.54) is 0 Å². The van der Waals surface area contributed by atoms with Crippen LogP contribution in [-0.4, -0.2) is 46.9 Å². The summed E-state index contributed by atoms with van der Waals surface area (Å²) >= 11 is 6.01. The molecule has 10 nitrogen and oxygen atoms in total. The van der Waals surface area contributed by atoms with Crippen LogP contribution < -0.4 is 26.3 Å². The van der Waals surface area contributed by atoms with Crippen molar-refractivity contribution in [1.29, 1.82) is 0 Å². The standard InChI is InChI=1S/C22H24ClN7O3/c23-15-6-7-16-17(8-12-25-18(16)14-15)24-13-9-21(31)26-10-3-11-27-22-28-30(33)20-5-2-1-4-19(20)29(22)32/h1-2,4-8,12,14,32-33H,3,9-11,13H2,(H,24,25)(H,26,31)(H,27,28). The first-order chi connectivity index (χ1) is 16.0. The van der Waals surface area contributed by atoms with Gasteiger partial charge in [0.25, 0.3) is 0 Å². The molecule has 0 aliphatic carbocycles. The lowest BCUT2D eigenvalue weighted by molar-refractivity contribution is -0.120. The largest absolute Gasteiger partial charge is 0.384 e. The SMILES string of the molecule is O=C(CCNc1ccnc2cc(Cl)ccc12)NCCCN=C1NN(O)c2ccccc2N1O.